The van der Waals surface area contributed by atoms with Gasteiger partial charge in [0.05, 0.1) is 0 Å². The molecule has 0 spiro atoms. The highest BCUT2D eigenvalue weighted by atomic mass is 32.2. The summed E-state index contributed by atoms with van der Waals surface area (Å²) in [5.74, 6) is -0.372. The Morgan fingerprint density at radius 3 is 2.12 bits per heavy atom. The van der Waals surface area contributed by atoms with Gasteiger partial charge in [-0.15, -0.1) is 0 Å². The molecule has 6 heteroatoms. The van der Waals surface area contributed by atoms with E-state index in [4.69, 9.17) is 0 Å². The Bertz CT molecular complexity index is 498. The van der Waals surface area contributed by atoms with Gasteiger partial charge in [-0.25, -0.2) is 0 Å². The van der Waals surface area contributed by atoms with E-state index in [9.17, 15) is 13.2 Å². The normalized spacial score (nSPS) is 12.5. The van der Waals surface area contributed by atoms with Crippen molar-refractivity contribution in [3.63, 3.8) is 0 Å². The molecule has 0 aliphatic carbocycles. The van der Waals surface area contributed by atoms with Gasteiger partial charge in [0, 0.05) is 6.92 Å². The smallest absolute Gasteiger partial charge is 0.293 e. The second kappa shape index (κ2) is 6.15. The summed E-state index contributed by atoms with van der Waals surface area (Å²) in [5, 5.41) is 3.21. The summed E-state index contributed by atoms with van der Waals surface area (Å²) < 4.78 is 27.2. The average Bonchev–Trinajstić information content (AvgIpc) is 2.22. The van der Waals surface area contributed by atoms with Crippen LogP contribution in [-0.4, -0.2) is 19.9 Å². The molecule has 0 aliphatic heterocycles. The fraction of sp³-hybridized carbons (Fsp3) is 0.273. The van der Waals surface area contributed by atoms with Crippen molar-refractivity contribution in [2.24, 2.45) is 5.16 Å². The molecule has 17 heavy (non-hydrogen) atoms. The van der Waals surface area contributed by atoms with Crippen LogP contribution < -0.4 is 0 Å². The van der Waals surface area contributed by atoms with Crippen molar-refractivity contribution < 1.29 is 17.5 Å². The molecule has 0 aromatic rings. The highest BCUT2D eigenvalue weighted by molar-refractivity contribution is 7.90. The molecule has 0 aromatic carbocycles. The first kappa shape index (κ1) is 15.3. The maximum atomic E-state index is 11.4. The first-order valence-corrected chi connectivity index (χ1v) is 6.09. The third-order valence-corrected chi connectivity index (χ3v) is 2.71. The van der Waals surface area contributed by atoms with E-state index in [0.29, 0.717) is 5.57 Å². The van der Waals surface area contributed by atoms with Crippen LogP contribution in [0.25, 0.3) is 0 Å². The minimum atomic E-state index is -4.05. The van der Waals surface area contributed by atoms with Crippen LogP contribution in [0.15, 0.2) is 40.9 Å². The van der Waals surface area contributed by atoms with Gasteiger partial charge < -0.3 is 0 Å². The van der Waals surface area contributed by atoms with Gasteiger partial charge in [-0.3, -0.25) is 9.08 Å². The first-order chi connectivity index (χ1) is 7.66. The molecule has 0 radical (unpaired) electrons. The number of hydrogen-bond acceptors (Lipinski definition) is 5. The van der Waals surface area contributed by atoms with Crippen molar-refractivity contribution in [3.8, 4) is 0 Å². The van der Waals surface area contributed by atoms with Crippen LogP contribution in [0.1, 0.15) is 20.8 Å². The molecule has 0 saturated heterocycles. The molecule has 0 bridgehead atoms. The minimum Gasteiger partial charge on any atom is -0.293 e. The molecule has 0 heterocycles. The zero-order valence-electron chi connectivity index (χ0n) is 10.1. The predicted octanol–water partition coefficient (Wildman–Crippen LogP) is 1.94. The minimum absolute atomic E-state index is 0.0368. The SMILES string of the molecule is C=C(C)/C=C\C(=C)S(=O)(=O)O/N=C(\C)C(C)=O. The average molecular weight is 257 g/mol. The Labute approximate surface area is 101 Å². The lowest BCUT2D eigenvalue weighted by atomic mass is 10.3. The topological polar surface area (TPSA) is 72.8 Å². The number of allylic oxidation sites excluding steroid dienone is 3. The van der Waals surface area contributed by atoms with E-state index in [1.165, 1.54) is 26.0 Å². The van der Waals surface area contributed by atoms with E-state index in [1.807, 2.05) is 0 Å². The van der Waals surface area contributed by atoms with Crippen molar-refractivity contribution in [2.45, 2.75) is 20.8 Å². The molecular formula is C11H15NO4S. The van der Waals surface area contributed by atoms with Gasteiger partial charge in [-0.2, -0.15) is 8.42 Å². The Hall–Kier alpha value is -1.69. The van der Waals surface area contributed by atoms with Crippen molar-refractivity contribution in [2.75, 3.05) is 0 Å². The van der Waals surface area contributed by atoms with E-state index >= 15 is 0 Å². The van der Waals surface area contributed by atoms with Crippen LogP contribution in [0, 0.1) is 0 Å². The van der Waals surface area contributed by atoms with E-state index in [-0.39, 0.29) is 16.4 Å². The monoisotopic (exact) mass is 257 g/mol. The first-order valence-electron chi connectivity index (χ1n) is 4.68. The molecule has 0 atom stereocenters. The molecule has 0 fully saturated rings. The third-order valence-electron chi connectivity index (χ3n) is 1.66. The van der Waals surface area contributed by atoms with Gasteiger partial charge in [0.2, 0.25) is 0 Å². The third kappa shape index (κ3) is 5.82. The molecule has 0 aliphatic rings. The highest BCUT2D eigenvalue weighted by Crippen LogP contribution is 2.10. The summed E-state index contributed by atoms with van der Waals surface area (Å²) >= 11 is 0. The molecule has 5 nitrogen and oxygen atoms in total. The maximum Gasteiger partial charge on any atom is 0.357 e. The predicted molar refractivity (Wildman–Crippen MR) is 66.9 cm³/mol. The molecule has 0 N–H and O–H groups in total. The summed E-state index contributed by atoms with van der Waals surface area (Å²) in [6, 6.07) is 0. The van der Waals surface area contributed by atoms with Gasteiger partial charge in [-0.1, -0.05) is 30.0 Å². The summed E-state index contributed by atoms with van der Waals surface area (Å²) in [4.78, 5) is 10.5. The van der Waals surface area contributed by atoms with E-state index in [1.54, 1.807) is 6.92 Å². The lowest BCUT2D eigenvalue weighted by molar-refractivity contribution is -0.111. The van der Waals surface area contributed by atoms with Gasteiger partial charge >= 0.3 is 10.1 Å². The zero-order chi connectivity index (χ0) is 13.6. The van der Waals surface area contributed by atoms with Gasteiger partial charge in [0.25, 0.3) is 0 Å². The van der Waals surface area contributed by atoms with Gasteiger partial charge in [0.15, 0.2) is 5.78 Å². The summed E-state index contributed by atoms with van der Waals surface area (Å²) in [6.07, 6.45) is 2.72. The Balaban J connectivity index is 4.83. The zero-order valence-corrected chi connectivity index (χ0v) is 10.9. The van der Waals surface area contributed by atoms with Crippen molar-refractivity contribution in [1.29, 1.82) is 0 Å². The second-order valence-corrected chi connectivity index (χ2v) is 4.99. The number of hydrogen-bond donors (Lipinski definition) is 0. The standard InChI is InChI=1S/C11H15NO4S/c1-8(2)6-7-9(3)17(14,15)16-12-10(4)11(5)13/h6-7H,1,3H2,2,4-5H3/b7-6-,12-10+. The van der Waals surface area contributed by atoms with Crippen LogP contribution in [0.2, 0.25) is 0 Å². The van der Waals surface area contributed by atoms with Crippen LogP contribution in [0.4, 0.5) is 0 Å². The Morgan fingerprint density at radius 1 is 1.18 bits per heavy atom. The maximum absolute atomic E-state index is 11.4. The van der Waals surface area contributed by atoms with Crippen LogP contribution >= 0.6 is 0 Å². The number of rotatable bonds is 6. The number of carbonyl (C=O) groups is 1. The molecule has 0 aromatic heterocycles. The Morgan fingerprint density at radius 2 is 1.71 bits per heavy atom. The van der Waals surface area contributed by atoms with E-state index in [2.05, 4.69) is 22.6 Å². The van der Waals surface area contributed by atoms with Crippen molar-refractivity contribution in [3.05, 3.63) is 35.8 Å². The number of carbonyl (C=O) groups excluding carboxylic acids is 1. The lowest BCUT2D eigenvalue weighted by Crippen LogP contribution is -2.09. The van der Waals surface area contributed by atoms with Gasteiger partial charge in [-0.05, 0) is 19.9 Å². The number of oxime groups is 1. The van der Waals surface area contributed by atoms with Crippen LogP contribution in [0.3, 0.4) is 0 Å². The summed E-state index contributed by atoms with van der Waals surface area (Å²) in [5.41, 5.74) is 0.634. The summed E-state index contributed by atoms with van der Waals surface area (Å²) in [7, 11) is -4.05. The number of nitrogens with zero attached hydrogens (tertiary/aromatic N) is 1. The summed E-state index contributed by atoms with van der Waals surface area (Å²) in [6.45, 7) is 11.2. The van der Waals surface area contributed by atoms with Crippen molar-refractivity contribution in [1.82, 2.24) is 0 Å². The molecule has 0 amide bonds. The quantitative estimate of drug-likeness (QED) is 0.414. The van der Waals surface area contributed by atoms with Crippen LogP contribution in [-0.2, 0) is 19.2 Å². The highest BCUT2D eigenvalue weighted by Gasteiger charge is 2.15. The molecule has 0 unspecified atom stereocenters. The lowest BCUT2D eigenvalue weighted by Gasteiger charge is -2.01. The molecular weight excluding hydrogens is 242 g/mol. The molecule has 0 saturated carbocycles. The van der Waals surface area contributed by atoms with E-state index in [0.717, 1.165) is 0 Å². The second-order valence-electron chi connectivity index (χ2n) is 3.41. The van der Waals surface area contributed by atoms with Crippen molar-refractivity contribution >= 4 is 21.6 Å². The number of ketones is 1. The molecule has 94 valence electrons. The fourth-order valence-electron chi connectivity index (χ4n) is 0.536. The fourth-order valence-corrected chi connectivity index (χ4v) is 1.08. The Kier molecular flexibility index (Phi) is 5.53. The number of Topliss-reactive ketones (excluding diaryl/α,β-unsaturated/α-hetero) is 1. The largest absolute Gasteiger partial charge is 0.357 e. The van der Waals surface area contributed by atoms with Gasteiger partial charge in [0.1, 0.15) is 10.6 Å². The van der Waals surface area contributed by atoms with Crippen LogP contribution in [0.5, 0.6) is 0 Å². The van der Waals surface area contributed by atoms with E-state index < -0.39 is 10.1 Å². The molecule has 0 rings (SSSR count).